The predicted octanol–water partition coefficient (Wildman–Crippen LogP) is 0.827. The van der Waals surface area contributed by atoms with E-state index in [1.807, 2.05) is 6.92 Å². The minimum atomic E-state index is 0.0482. The van der Waals surface area contributed by atoms with E-state index in [-0.39, 0.29) is 18.1 Å². The second-order valence-corrected chi connectivity index (χ2v) is 4.27. The average molecular weight is 218 g/mol. The van der Waals surface area contributed by atoms with Gasteiger partial charge in [-0.3, -0.25) is 0 Å². The van der Waals surface area contributed by atoms with E-state index < -0.39 is 0 Å². The fraction of sp³-hybridized carbons (Fsp3) is 1.00. The molecule has 0 aromatic heterocycles. The Morgan fingerprint density at radius 3 is 2.67 bits per heavy atom. The molecule has 1 unspecified atom stereocenters. The van der Waals surface area contributed by atoms with Gasteiger partial charge < -0.3 is 19.3 Å². The van der Waals surface area contributed by atoms with Gasteiger partial charge in [0.15, 0.2) is 0 Å². The van der Waals surface area contributed by atoms with Crippen molar-refractivity contribution >= 4 is 0 Å². The molecule has 1 atom stereocenters. The topological polar surface area (TPSA) is 47.9 Å². The van der Waals surface area contributed by atoms with Crippen LogP contribution in [0.5, 0.6) is 0 Å². The highest BCUT2D eigenvalue weighted by atomic mass is 16.5. The lowest BCUT2D eigenvalue weighted by atomic mass is 9.84. The van der Waals surface area contributed by atoms with E-state index in [1.54, 1.807) is 0 Å². The maximum absolute atomic E-state index is 8.57. The molecular weight excluding hydrogens is 196 g/mol. The molecule has 1 aliphatic heterocycles. The van der Waals surface area contributed by atoms with Gasteiger partial charge in [0.2, 0.25) is 0 Å². The van der Waals surface area contributed by atoms with Gasteiger partial charge in [-0.1, -0.05) is 6.92 Å². The van der Waals surface area contributed by atoms with Crippen LogP contribution in [0, 0.1) is 5.41 Å². The van der Waals surface area contributed by atoms with Crippen LogP contribution in [0.25, 0.3) is 0 Å². The molecule has 0 amide bonds. The normalized spacial score (nSPS) is 21.0. The van der Waals surface area contributed by atoms with Crippen LogP contribution < -0.4 is 0 Å². The first-order valence-electron chi connectivity index (χ1n) is 5.60. The molecule has 90 valence electrons. The van der Waals surface area contributed by atoms with E-state index in [9.17, 15) is 0 Å². The first kappa shape index (κ1) is 12.9. The van der Waals surface area contributed by atoms with Crippen LogP contribution in [0.4, 0.5) is 0 Å². The molecule has 15 heavy (non-hydrogen) atoms. The second kappa shape index (κ2) is 6.43. The van der Waals surface area contributed by atoms with Crippen LogP contribution in [0.15, 0.2) is 0 Å². The van der Waals surface area contributed by atoms with Gasteiger partial charge in [0.25, 0.3) is 0 Å². The zero-order valence-electron chi connectivity index (χ0n) is 9.70. The van der Waals surface area contributed by atoms with Gasteiger partial charge >= 0.3 is 0 Å². The summed E-state index contributed by atoms with van der Waals surface area (Å²) >= 11 is 0. The van der Waals surface area contributed by atoms with Crippen molar-refractivity contribution < 1.29 is 19.3 Å². The van der Waals surface area contributed by atoms with Gasteiger partial charge in [-0.05, 0) is 13.3 Å². The highest BCUT2D eigenvalue weighted by Crippen LogP contribution is 2.31. The minimum Gasteiger partial charge on any atom is -0.394 e. The van der Waals surface area contributed by atoms with Crippen LogP contribution >= 0.6 is 0 Å². The summed E-state index contributed by atoms with van der Waals surface area (Å²) in [5, 5.41) is 8.57. The Kier molecular flexibility index (Phi) is 5.53. The Labute approximate surface area is 91.5 Å². The van der Waals surface area contributed by atoms with Crippen molar-refractivity contribution in [1.82, 2.24) is 0 Å². The van der Waals surface area contributed by atoms with Crippen molar-refractivity contribution in [1.29, 1.82) is 0 Å². The SMILES string of the molecule is CCC1(COCC(C)OCCO)COC1. The molecule has 4 nitrogen and oxygen atoms in total. The zero-order valence-corrected chi connectivity index (χ0v) is 9.70. The molecule has 1 saturated heterocycles. The quantitative estimate of drug-likeness (QED) is 0.655. The van der Waals surface area contributed by atoms with Crippen molar-refractivity contribution in [2.75, 3.05) is 39.6 Å². The van der Waals surface area contributed by atoms with Gasteiger partial charge in [-0.15, -0.1) is 0 Å². The summed E-state index contributed by atoms with van der Waals surface area (Å²) in [6.45, 7) is 7.52. The van der Waals surface area contributed by atoms with E-state index in [1.165, 1.54) is 0 Å². The lowest BCUT2D eigenvalue weighted by Crippen LogP contribution is -2.46. The van der Waals surface area contributed by atoms with Crippen molar-refractivity contribution in [3.05, 3.63) is 0 Å². The summed E-state index contributed by atoms with van der Waals surface area (Å²) in [7, 11) is 0. The maximum atomic E-state index is 8.57. The number of aliphatic hydroxyl groups excluding tert-OH is 1. The van der Waals surface area contributed by atoms with E-state index in [0.29, 0.717) is 13.2 Å². The standard InChI is InChI=1S/C11H22O4/c1-3-11(8-14-9-11)7-13-6-10(2)15-5-4-12/h10,12H,3-9H2,1-2H3. The molecule has 0 aliphatic carbocycles. The molecule has 1 rings (SSSR count). The lowest BCUT2D eigenvalue weighted by Gasteiger charge is -2.40. The third kappa shape index (κ3) is 4.07. The monoisotopic (exact) mass is 218 g/mol. The summed E-state index contributed by atoms with van der Waals surface area (Å²) in [5.74, 6) is 0. The molecule has 0 aromatic rings. The average Bonchev–Trinajstić information content (AvgIpc) is 2.19. The van der Waals surface area contributed by atoms with Crippen molar-refractivity contribution in [3.63, 3.8) is 0 Å². The number of aliphatic hydroxyl groups is 1. The van der Waals surface area contributed by atoms with Crippen molar-refractivity contribution in [2.45, 2.75) is 26.4 Å². The molecule has 0 saturated carbocycles. The summed E-state index contributed by atoms with van der Waals surface area (Å²) < 4.78 is 16.1. The van der Waals surface area contributed by atoms with Crippen LogP contribution in [-0.4, -0.2) is 50.9 Å². The van der Waals surface area contributed by atoms with E-state index in [2.05, 4.69) is 6.92 Å². The molecule has 1 heterocycles. The van der Waals surface area contributed by atoms with Gasteiger partial charge in [-0.2, -0.15) is 0 Å². The molecule has 1 N–H and O–H groups in total. The molecule has 1 fully saturated rings. The molecule has 4 heteroatoms. The second-order valence-electron chi connectivity index (χ2n) is 4.27. The zero-order chi connectivity index (χ0) is 11.1. The summed E-state index contributed by atoms with van der Waals surface area (Å²) in [6, 6.07) is 0. The maximum Gasteiger partial charge on any atom is 0.0781 e. The van der Waals surface area contributed by atoms with E-state index >= 15 is 0 Å². The number of hydrogen-bond donors (Lipinski definition) is 1. The van der Waals surface area contributed by atoms with E-state index in [0.717, 1.165) is 26.2 Å². The highest BCUT2D eigenvalue weighted by Gasteiger charge is 2.37. The van der Waals surface area contributed by atoms with Crippen LogP contribution in [0.2, 0.25) is 0 Å². The largest absolute Gasteiger partial charge is 0.394 e. The minimum absolute atomic E-state index is 0.0482. The third-order valence-electron chi connectivity index (χ3n) is 2.82. The van der Waals surface area contributed by atoms with Gasteiger partial charge in [-0.25, -0.2) is 0 Å². The van der Waals surface area contributed by atoms with E-state index in [4.69, 9.17) is 19.3 Å². The van der Waals surface area contributed by atoms with Gasteiger partial charge in [0.05, 0.1) is 45.7 Å². The van der Waals surface area contributed by atoms with Crippen LogP contribution in [0.1, 0.15) is 20.3 Å². The molecule has 0 aromatic carbocycles. The predicted molar refractivity (Wildman–Crippen MR) is 56.9 cm³/mol. The Hall–Kier alpha value is -0.160. The first-order valence-corrected chi connectivity index (χ1v) is 5.60. The Morgan fingerprint density at radius 2 is 2.20 bits per heavy atom. The molecule has 0 spiro atoms. The fourth-order valence-electron chi connectivity index (χ4n) is 1.52. The van der Waals surface area contributed by atoms with Crippen LogP contribution in [0.3, 0.4) is 0 Å². The molecule has 0 radical (unpaired) electrons. The first-order chi connectivity index (χ1) is 7.22. The number of rotatable bonds is 8. The highest BCUT2D eigenvalue weighted by molar-refractivity contribution is 4.83. The number of ether oxygens (including phenoxy) is 3. The van der Waals surface area contributed by atoms with Gasteiger partial charge in [0, 0.05) is 5.41 Å². The molecule has 1 aliphatic rings. The third-order valence-corrected chi connectivity index (χ3v) is 2.82. The van der Waals surface area contributed by atoms with Crippen LogP contribution in [-0.2, 0) is 14.2 Å². The van der Waals surface area contributed by atoms with Gasteiger partial charge in [0.1, 0.15) is 0 Å². The molecule has 0 bridgehead atoms. The van der Waals surface area contributed by atoms with Crippen molar-refractivity contribution in [3.8, 4) is 0 Å². The smallest absolute Gasteiger partial charge is 0.0781 e. The fourth-order valence-corrected chi connectivity index (χ4v) is 1.52. The summed E-state index contributed by atoms with van der Waals surface area (Å²) in [5.41, 5.74) is 0.247. The lowest BCUT2D eigenvalue weighted by molar-refractivity contribution is -0.157. The Bertz CT molecular complexity index is 162. The number of hydrogen-bond acceptors (Lipinski definition) is 4. The Balaban J connectivity index is 2.04. The Morgan fingerprint density at radius 1 is 1.47 bits per heavy atom. The summed E-state index contributed by atoms with van der Waals surface area (Å²) in [6.07, 6.45) is 1.14. The molecular formula is C11H22O4. The summed E-state index contributed by atoms with van der Waals surface area (Å²) in [4.78, 5) is 0. The van der Waals surface area contributed by atoms with Crippen molar-refractivity contribution in [2.24, 2.45) is 5.41 Å².